The topological polar surface area (TPSA) is 91.2 Å². The Morgan fingerprint density at radius 1 is 1.12 bits per heavy atom. The van der Waals surface area contributed by atoms with E-state index in [0.29, 0.717) is 46.1 Å². The standard InChI is InChI=1S/C24H23Cl2N5O3/c1-24(2)10-17-21(18(32)11-24)22(31-23(27-17)28-29-30-31)14-5-7-19(20(9-14)33-3)34-12-13-4-6-15(25)16(26)8-13/h4-9,22H,10-12H2,1-3H3,(H,27,28,30). The normalized spacial score (nSPS) is 18.7. The molecule has 1 aliphatic heterocycles. The summed E-state index contributed by atoms with van der Waals surface area (Å²) in [6.07, 6.45) is 1.20. The predicted octanol–water partition coefficient (Wildman–Crippen LogP) is 5.23. The first-order valence-electron chi connectivity index (χ1n) is 10.8. The van der Waals surface area contributed by atoms with Crippen molar-refractivity contribution in [1.29, 1.82) is 0 Å². The van der Waals surface area contributed by atoms with E-state index in [4.69, 9.17) is 32.7 Å². The van der Waals surface area contributed by atoms with Crippen molar-refractivity contribution in [2.45, 2.75) is 39.3 Å². The molecule has 34 heavy (non-hydrogen) atoms. The van der Waals surface area contributed by atoms with Crippen LogP contribution in [0.2, 0.25) is 10.0 Å². The third kappa shape index (κ3) is 4.12. The molecule has 5 rings (SSSR count). The Morgan fingerprint density at radius 2 is 1.94 bits per heavy atom. The minimum atomic E-state index is -0.456. The van der Waals surface area contributed by atoms with Gasteiger partial charge in [0, 0.05) is 17.7 Å². The van der Waals surface area contributed by atoms with Gasteiger partial charge >= 0.3 is 0 Å². The van der Waals surface area contributed by atoms with E-state index in [2.05, 4.69) is 34.7 Å². The molecule has 2 heterocycles. The van der Waals surface area contributed by atoms with Gasteiger partial charge in [0.2, 0.25) is 5.95 Å². The van der Waals surface area contributed by atoms with Gasteiger partial charge in [-0.3, -0.25) is 4.79 Å². The van der Waals surface area contributed by atoms with Crippen LogP contribution in [0.4, 0.5) is 5.95 Å². The number of aromatic nitrogens is 4. The molecule has 1 aliphatic carbocycles. The summed E-state index contributed by atoms with van der Waals surface area (Å²) in [5.41, 5.74) is 3.12. The maximum atomic E-state index is 13.2. The summed E-state index contributed by atoms with van der Waals surface area (Å²) < 4.78 is 13.3. The number of fused-ring (bicyclic) bond motifs is 1. The number of carbonyl (C=O) groups excluding carboxylic acids is 1. The smallest absolute Gasteiger partial charge is 0.248 e. The first-order valence-corrected chi connectivity index (χ1v) is 11.6. The van der Waals surface area contributed by atoms with E-state index in [1.54, 1.807) is 23.9 Å². The van der Waals surface area contributed by atoms with Crippen molar-refractivity contribution in [3.8, 4) is 11.5 Å². The summed E-state index contributed by atoms with van der Waals surface area (Å²) in [6.45, 7) is 4.47. The molecule has 2 aliphatic rings. The van der Waals surface area contributed by atoms with Crippen molar-refractivity contribution >= 4 is 34.9 Å². The van der Waals surface area contributed by atoms with Gasteiger partial charge in [-0.15, -0.1) is 0 Å². The Kier molecular flexibility index (Phi) is 5.73. The van der Waals surface area contributed by atoms with Crippen LogP contribution in [0.5, 0.6) is 11.5 Å². The monoisotopic (exact) mass is 499 g/mol. The summed E-state index contributed by atoms with van der Waals surface area (Å²) >= 11 is 12.1. The van der Waals surface area contributed by atoms with Gasteiger partial charge in [-0.2, -0.15) is 4.68 Å². The third-order valence-corrected chi connectivity index (χ3v) is 6.81. The quantitative estimate of drug-likeness (QED) is 0.513. The zero-order chi connectivity index (χ0) is 24.0. The number of nitrogens with zero attached hydrogens (tertiary/aromatic N) is 4. The Bertz CT molecular complexity index is 1320. The molecule has 1 unspecified atom stereocenters. The van der Waals surface area contributed by atoms with E-state index < -0.39 is 6.04 Å². The fourth-order valence-corrected chi connectivity index (χ4v) is 4.86. The van der Waals surface area contributed by atoms with Crippen LogP contribution in [0.3, 0.4) is 0 Å². The zero-order valence-corrected chi connectivity index (χ0v) is 20.4. The lowest BCUT2D eigenvalue weighted by Crippen LogP contribution is -2.36. The van der Waals surface area contributed by atoms with Gasteiger partial charge < -0.3 is 14.8 Å². The maximum absolute atomic E-state index is 13.2. The summed E-state index contributed by atoms with van der Waals surface area (Å²) in [7, 11) is 1.58. The number of benzene rings is 2. The number of carbonyl (C=O) groups is 1. The van der Waals surface area contributed by atoms with Gasteiger partial charge in [0.1, 0.15) is 12.6 Å². The van der Waals surface area contributed by atoms with Crippen LogP contribution < -0.4 is 14.8 Å². The molecule has 10 heteroatoms. The van der Waals surface area contributed by atoms with E-state index in [-0.39, 0.29) is 11.2 Å². The van der Waals surface area contributed by atoms with Crippen molar-refractivity contribution in [1.82, 2.24) is 20.2 Å². The number of methoxy groups -OCH3 is 1. The van der Waals surface area contributed by atoms with E-state index in [9.17, 15) is 4.79 Å². The van der Waals surface area contributed by atoms with Gasteiger partial charge in [-0.1, -0.05) is 54.3 Å². The van der Waals surface area contributed by atoms with Crippen molar-refractivity contribution in [2.24, 2.45) is 5.41 Å². The molecule has 1 atom stereocenters. The fraction of sp³-hybridized carbons (Fsp3) is 0.333. The minimum absolute atomic E-state index is 0.0869. The lowest BCUT2D eigenvalue weighted by molar-refractivity contribution is -0.118. The predicted molar refractivity (Wildman–Crippen MR) is 128 cm³/mol. The fourth-order valence-electron chi connectivity index (χ4n) is 4.54. The summed E-state index contributed by atoms with van der Waals surface area (Å²) in [4.78, 5) is 13.2. The van der Waals surface area contributed by atoms with Gasteiger partial charge in [0.25, 0.3) is 0 Å². The van der Waals surface area contributed by atoms with Crippen LogP contribution in [0.1, 0.15) is 43.9 Å². The van der Waals surface area contributed by atoms with Crippen LogP contribution in [-0.4, -0.2) is 33.1 Å². The highest BCUT2D eigenvalue weighted by atomic mass is 35.5. The molecule has 1 N–H and O–H groups in total. The number of hydrogen-bond acceptors (Lipinski definition) is 7. The average Bonchev–Trinajstić information content (AvgIpc) is 3.25. The molecule has 2 aromatic carbocycles. The molecule has 0 spiro atoms. The zero-order valence-electron chi connectivity index (χ0n) is 18.9. The Hall–Kier alpha value is -3.10. The summed E-state index contributed by atoms with van der Waals surface area (Å²) in [5.74, 6) is 1.70. The first-order chi connectivity index (χ1) is 16.3. The SMILES string of the molecule is COc1cc(C2C3=C(CC(C)(C)CC3=O)Nc3nnnn32)ccc1OCc1ccc(Cl)c(Cl)c1. The largest absolute Gasteiger partial charge is 0.493 e. The van der Waals surface area contributed by atoms with Crippen molar-refractivity contribution in [3.63, 3.8) is 0 Å². The number of ether oxygens (including phenoxy) is 2. The van der Waals surface area contributed by atoms with Gasteiger partial charge in [-0.05, 0) is 57.7 Å². The second-order valence-electron chi connectivity index (χ2n) is 9.26. The number of ketones is 1. The molecule has 0 amide bonds. The Morgan fingerprint density at radius 3 is 2.71 bits per heavy atom. The molecule has 176 valence electrons. The number of allylic oxidation sites excluding steroid dienone is 2. The lowest BCUT2D eigenvalue weighted by Gasteiger charge is -2.37. The van der Waals surface area contributed by atoms with E-state index in [1.807, 2.05) is 24.3 Å². The Balaban J connectivity index is 1.49. The minimum Gasteiger partial charge on any atom is -0.493 e. The molecule has 0 fully saturated rings. The molecule has 3 aromatic rings. The highest BCUT2D eigenvalue weighted by molar-refractivity contribution is 6.42. The van der Waals surface area contributed by atoms with E-state index >= 15 is 0 Å². The molecule has 1 aromatic heterocycles. The summed E-state index contributed by atoms with van der Waals surface area (Å²) in [5, 5.41) is 16.3. The highest BCUT2D eigenvalue weighted by Crippen LogP contribution is 2.46. The second kappa shape index (κ2) is 8.60. The van der Waals surface area contributed by atoms with Crippen LogP contribution in [-0.2, 0) is 11.4 Å². The van der Waals surface area contributed by atoms with Gasteiger partial charge in [0.15, 0.2) is 17.3 Å². The maximum Gasteiger partial charge on any atom is 0.248 e. The number of anilines is 1. The average molecular weight is 500 g/mol. The van der Waals surface area contributed by atoms with E-state index in [0.717, 1.165) is 23.2 Å². The molecule has 0 bridgehead atoms. The molecular formula is C24H23Cl2N5O3. The molecule has 0 saturated heterocycles. The first kappa shape index (κ1) is 22.7. The number of halogens is 2. The number of rotatable bonds is 5. The highest BCUT2D eigenvalue weighted by Gasteiger charge is 2.42. The lowest BCUT2D eigenvalue weighted by atomic mass is 9.73. The van der Waals surface area contributed by atoms with Crippen molar-refractivity contribution < 1.29 is 14.3 Å². The van der Waals surface area contributed by atoms with Crippen molar-refractivity contribution in [3.05, 3.63) is 68.8 Å². The van der Waals surface area contributed by atoms with Gasteiger partial charge in [0.05, 0.1) is 17.2 Å². The van der Waals surface area contributed by atoms with Gasteiger partial charge in [-0.25, -0.2) is 0 Å². The van der Waals surface area contributed by atoms with E-state index in [1.165, 1.54) is 0 Å². The molecule has 0 saturated carbocycles. The number of Topliss-reactive ketones (excluding diaryl/α,β-unsaturated/α-hetero) is 1. The molecule has 0 radical (unpaired) electrons. The van der Waals surface area contributed by atoms with Crippen LogP contribution in [0.25, 0.3) is 0 Å². The third-order valence-electron chi connectivity index (χ3n) is 6.08. The van der Waals surface area contributed by atoms with Crippen LogP contribution in [0, 0.1) is 5.41 Å². The summed E-state index contributed by atoms with van der Waals surface area (Å²) in [6, 6.07) is 10.5. The molecule has 8 nitrogen and oxygen atoms in total. The number of tetrazole rings is 1. The molecular weight excluding hydrogens is 477 g/mol. The van der Waals surface area contributed by atoms with Crippen LogP contribution in [0.15, 0.2) is 47.7 Å². The number of nitrogens with one attached hydrogen (secondary N) is 1. The second-order valence-corrected chi connectivity index (χ2v) is 10.1. The Labute approximate surface area is 206 Å². The van der Waals surface area contributed by atoms with Crippen LogP contribution >= 0.6 is 23.2 Å². The van der Waals surface area contributed by atoms with Crippen molar-refractivity contribution in [2.75, 3.05) is 12.4 Å². The number of hydrogen-bond donors (Lipinski definition) is 1.